The van der Waals surface area contributed by atoms with Crippen molar-refractivity contribution in [3.63, 3.8) is 0 Å². The Morgan fingerprint density at radius 2 is 1.71 bits per heavy atom. The Labute approximate surface area is 129 Å². The summed E-state index contributed by atoms with van der Waals surface area (Å²) in [5.74, 6) is 3.36. The molecule has 5 heteroatoms. The maximum atomic E-state index is 11.0. The monoisotopic (exact) mass is 306 g/mol. The molecule has 4 aliphatic rings. The first-order chi connectivity index (χ1) is 10.1. The average molecular weight is 307 g/mol. The van der Waals surface area contributed by atoms with E-state index in [0.717, 1.165) is 29.4 Å². The van der Waals surface area contributed by atoms with Gasteiger partial charge >= 0.3 is 0 Å². The van der Waals surface area contributed by atoms with Crippen molar-refractivity contribution in [3.05, 3.63) is 33.3 Å². The van der Waals surface area contributed by atoms with Gasteiger partial charge in [0.15, 0.2) is 0 Å². The zero-order valence-corrected chi connectivity index (χ0v) is 12.6. The van der Waals surface area contributed by atoms with E-state index in [9.17, 15) is 10.1 Å². The summed E-state index contributed by atoms with van der Waals surface area (Å²) in [7, 11) is 0. The van der Waals surface area contributed by atoms with Crippen molar-refractivity contribution >= 4 is 23.0 Å². The number of nitro groups is 1. The maximum absolute atomic E-state index is 11.0. The first kappa shape index (κ1) is 13.4. The molecule has 0 spiro atoms. The molecule has 4 bridgehead atoms. The fraction of sp³-hybridized carbons (Fsp3) is 0.625. The Kier molecular flexibility index (Phi) is 3.10. The van der Waals surface area contributed by atoms with Crippen LogP contribution in [0.15, 0.2) is 18.2 Å². The highest BCUT2D eigenvalue weighted by molar-refractivity contribution is 6.32. The van der Waals surface area contributed by atoms with Gasteiger partial charge in [-0.1, -0.05) is 11.6 Å². The highest BCUT2D eigenvalue weighted by Gasteiger charge is 2.48. The van der Waals surface area contributed by atoms with Crippen molar-refractivity contribution in [2.75, 3.05) is 5.32 Å². The zero-order chi connectivity index (χ0) is 14.6. The predicted molar refractivity (Wildman–Crippen MR) is 82.6 cm³/mol. The standard InChI is InChI=1S/C16H19ClN2O2/c17-14-2-1-13(8-15(14)19(20)21)18-16-11-4-9-3-10(6-11)7-12(16)5-9/h1-2,8-12,16,18H,3-7H2. The summed E-state index contributed by atoms with van der Waals surface area (Å²) in [5, 5.41) is 14.8. The van der Waals surface area contributed by atoms with Crippen LogP contribution in [0.25, 0.3) is 0 Å². The minimum atomic E-state index is -0.412. The van der Waals surface area contributed by atoms with Gasteiger partial charge in [-0.25, -0.2) is 0 Å². The molecule has 1 aromatic rings. The van der Waals surface area contributed by atoms with Crippen molar-refractivity contribution in [2.45, 2.75) is 38.1 Å². The molecule has 4 fully saturated rings. The molecule has 4 saturated carbocycles. The first-order valence-electron chi connectivity index (χ1n) is 7.80. The van der Waals surface area contributed by atoms with Crippen LogP contribution in [-0.2, 0) is 0 Å². The molecule has 21 heavy (non-hydrogen) atoms. The van der Waals surface area contributed by atoms with Crippen LogP contribution >= 0.6 is 11.6 Å². The SMILES string of the molecule is O=[N+]([O-])c1cc(NC2C3CC4CC(C3)CC2C4)ccc1Cl. The molecular weight excluding hydrogens is 288 g/mol. The third-order valence-electron chi connectivity index (χ3n) is 5.70. The summed E-state index contributed by atoms with van der Waals surface area (Å²) in [6, 6.07) is 5.55. The molecular formula is C16H19ClN2O2. The fourth-order valence-corrected chi connectivity index (χ4v) is 5.28. The molecule has 1 aromatic carbocycles. The largest absolute Gasteiger partial charge is 0.382 e. The Morgan fingerprint density at radius 1 is 1.10 bits per heavy atom. The summed E-state index contributed by atoms with van der Waals surface area (Å²) in [5.41, 5.74) is 0.828. The normalized spacial score (nSPS) is 36.7. The van der Waals surface area contributed by atoms with Gasteiger partial charge in [-0.2, -0.15) is 0 Å². The second-order valence-electron chi connectivity index (χ2n) is 7.02. The van der Waals surface area contributed by atoms with Crippen molar-refractivity contribution in [2.24, 2.45) is 23.7 Å². The Balaban J connectivity index is 1.56. The van der Waals surface area contributed by atoms with Crippen molar-refractivity contribution < 1.29 is 4.92 Å². The Bertz CT molecular complexity index is 562. The highest BCUT2D eigenvalue weighted by Crippen LogP contribution is 2.54. The minimum Gasteiger partial charge on any atom is -0.382 e. The molecule has 5 rings (SSSR count). The number of nitro benzene ring substituents is 1. The van der Waals surface area contributed by atoms with Crippen LogP contribution < -0.4 is 5.32 Å². The molecule has 0 aromatic heterocycles. The third-order valence-corrected chi connectivity index (χ3v) is 6.02. The van der Waals surface area contributed by atoms with Gasteiger partial charge in [-0.3, -0.25) is 10.1 Å². The molecule has 112 valence electrons. The van der Waals surface area contributed by atoms with Crippen LogP contribution in [0.3, 0.4) is 0 Å². The van der Waals surface area contributed by atoms with Crippen LogP contribution in [0.4, 0.5) is 11.4 Å². The van der Waals surface area contributed by atoms with E-state index in [1.807, 2.05) is 6.07 Å². The third kappa shape index (κ3) is 2.30. The van der Waals surface area contributed by atoms with Crippen LogP contribution in [0.2, 0.25) is 5.02 Å². The number of anilines is 1. The highest BCUT2D eigenvalue weighted by atomic mass is 35.5. The van der Waals surface area contributed by atoms with E-state index in [1.165, 1.54) is 32.1 Å². The second-order valence-corrected chi connectivity index (χ2v) is 7.43. The van der Waals surface area contributed by atoms with E-state index in [2.05, 4.69) is 5.32 Å². The molecule has 4 nitrogen and oxygen atoms in total. The van der Waals surface area contributed by atoms with Crippen LogP contribution in [0.5, 0.6) is 0 Å². The first-order valence-corrected chi connectivity index (χ1v) is 8.18. The molecule has 4 aliphatic carbocycles. The topological polar surface area (TPSA) is 55.2 Å². The summed E-state index contributed by atoms with van der Waals surface area (Å²) in [6.45, 7) is 0. The lowest BCUT2D eigenvalue weighted by molar-refractivity contribution is -0.384. The van der Waals surface area contributed by atoms with Gasteiger partial charge in [0, 0.05) is 17.8 Å². The molecule has 0 saturated heterocycles. The van der Waals surface area contributed by atoms with Gasteiger partial charge in [0.1, 0.15) is 5.02 Å². The lowest BCUT2D eigenvalue weighted by Crippen LogP contribution is -2.51. The number of nitrogens with one attached hydrogen (secondary N) is 1. The van der Waals surface area contributed by atoms with E-state index in [4.69, 9.17) is 11.6 Å². The summed E-state index contributed by atoms with van der Waals surface area (Å²) >= 11 is 5.89. The fourth-order valence-electron chi connectivity index (χ4n) is 5.10. The summed E-state index contributed by atoms with van der Waals surface area (Å²) in [4.78, 5) is 10.6. The lowest BCUT2D eigenvalue weighted by Gasteiger charge is -2.54. The predicted octanol–water partition coefficient (Wildman–Crippen LogP) is 4.48. The van der Waals surface area contributed by atoms with E-state index < -0.39 is 4.92 Å². The van der Waals surface area contributed by atoms with Gasteiger partial charge < -0.3 is 5.32 Å². The Morgan fingerprint density at radius 3 is 2.29 bits per heavy atom. The van der Waals surface area contributed by atoms with E-state index in [0.29, 0.717) is 6.04 Å². The second kappa shape index (κ2) is 4.87. The smallest absolute Gasteiger partial charge is 0.289 e. The molecule has 0 aliphatic heterocycles. The lowest BCUT2D eigenvalue weighted by atomic mass is 9.54. The van der Waals surface area contributed by atoms with Crippen molar-refractivity contribution in [3.8, 4) is 0 Å². The molecule has 0 amide bonds. The Hall–Kier alpha value is -1.29. The van der Waals surface area contributed by atoms with Gasteiger partial charge in [-0.05, 0) is 67.9 Å². The quantitative estimate of drug-likeness (QED) is 0.661. The molecule has 0 heterocycles. The molecule has 1 N–H and O–H groups in total. The molecule has 0 unspecified atom stereocenters. The zero-order valence-electron chi connectivity index (χ0n) is 11.8. The number of benzene rings is 1. The van der Waals surface area contributed by atoms with Gasteiger partial charge in [0.2, 0.25) is 0 Å². The number of nitrogens with zero attached hydrogens (tertiary/aromatic N) is 1. The molecule has 0 radical (unpaired) electrons. The van der Waals surface area contributed by atoms with E-state index in [-0.39, 0.29) is 10.7 Å². The van der Waals surface area contributed by atoms with Gasteiger partial charge in [0.05, 0.1) is 4.92 Å². The number of hydrogen-bond acceptors (Lipinski definition) is 3. The van der Waals surface area contributed by atoms with E-state index in [1.54, 1.807) is 12.1 Å². The number of halogens is 1. The van der Waals surface area contributed by atoms with Crippen LogP contribution in [0, 0.1) is 33.8 Å². The van der Waals surface area contributed by atoms with E-state index >= 15 is 0 Å². The maximum Gasteiger partial charge on any atom is 0.289 e. The van der Waals surface area contributed by atoms with Crippen molar-refractivity contribution in [1.29, 1.82) is 0 Å². The van der Waals surface area contributed by atoms with Crippen molar-refractivity contribution in [1.82, 2.24) is 0 Å². The average Bonchev–Trinajstić information content (AvgIpc) is 2.43. The van der Waals surface area contributed by atoms with Gasteiger partial charge in [-0.15, -0.1) is 0 Å². The molecule has 0 atom stereocenters. The van der Waals surface area contributed by atoms with Gasteiger partial charge in [0.25, 0.3) is 5.69 Å². The summed E-state index contributed by atoms with van der Waals surface area (Å²) in [6.07, 6.45) is 6.77. The number of rotatable bonds is 3. The number of hydrogen-bond donors (Lipinski definition) is 1. The minimum absolute atomic E-state index is 0.00881. The summed E-state index contributed by atoms with van der Waals surface area (Å²) < 4.78 is 0. The van der Waals surface area contributed by atoms with Crippen LogP contribution in [-0.4, -0.2) is 11.0 Å². The van der Waals surface area contributed by atoms with Crippen LogP contribution in [0.1, 0.15) is 32.1 Å².